The van der Waals surface area contributed by atoms with Crippen LogP contribution >= 0.6 is 11.3 Å². The van der Waals surface area contributed by atoms with Gasteiger partial charge in [-0.3, -0.25) is 0 Å². The van der Waals surface area contributed by atoms with Crippen molar-refractivity contribution in [2.45, 2.75) is 46.0 Å². The molecule has 0 fully saturated rings. The Bertz CT molecular complexity index is 1530. The molecular formula is C32H31NO5S. The Labute approximate surface area is 232 Å². The van der Waals surface area contributed by atoms with Gasteiger partial charge in [-0.1, -0.05) is 36.4 Å². The molecule has 0 saturated carbocycles. The van der Waals surface area contributed by atoms with Crippen molar-refractivity contribution in [2.24, 2.45) is 0 Å². The van der Waals surface area contributed by atoms with E-state index in [4.69, 9.17) is 24.3 Å². The fourth-order valence-corrected chi connectivity index (χ4v) is 5.51. The number of carbonyl (C=O) groups is 1. The topological polar surface area (TPSA) is 77.9 Å². The maximum absolute atomic E-state index is 10.8. The molecule has 0 amide bonds. The quantitative estimate of drug-likeness (QED) is 0.222. The minimum atomic E-state index is -0.974. The monoisotopic (exact) mass is 541 g/mol. The van der Waals surface area contributed by atoms with Gasteiger partial charge in [-0.05, 0) is 91.6 Å². The van der Waals surface area contributed by atoms with Crippen molar-refractivity contribution in [1.82, 2.24) is 4.98 Å². The minimum absolute atomic E-state index is 0.109. The van der Waals surface area contributed by atoms with E-state index in [0.717, 1.165) is 43.8 Å². The highest BCUT2D eigenvalue weighted by molar-refractivity contribution is 7.15. The SMILES string of the molecule is CC1=CC(OCc2nc(-c3ccc(OC(C)C)cc3)c(-c3ccc4ccccc4c3)s2)=CCC1OCC(=O)O. The molecule has 1 aliphatic carbocycles. The summed E-state index contributed by atoms with van der Waals surface area (Å²) in [6.07, 6.45) is 4.27. The van der Waals surface area contributed by atoms with Crippen LogP contribution < -0.4 is 4.74 Å². The van der Waals surface area contributed by atoms with Crippen LogP contribution in [0.2, 0.25) is 0 Å². The van der Waals surface area contributed by atoms with Crippen molar-refractivity contribution in [2.75, 3.05) is 6.61 Å². The van der Waals surface area contributed by atoms with E-state index in [2.05, 4.69) is 48.5 Å². The van der Waals surface area contributed by atoms with Crippen molar-refractivity contribution in [3.8, 4) is 27.4 Å². The summed E-state index contributed by atoms with van der Waals surface area (Å²) in [6, 6.07) is 22.9. The second-order valence-corrected chi connectivity index (χ2v) is 10.8. The van der Waals surface area contributed by atoms with Crippen molar-refractivity contribution < 1.29 is 24.1 Å². The van der Waals surface area contributed by atoms with Gasteiger partial charge in [-0.15, -0.1) is 11.3 Å². The molecule has 1 N–H and O–H groups in total. The molecule has 1 heterocycles. The predicted octanol–water partition coefficient (Wildman–Crippen LogP) is 7.64. The van der Waals surface area contributed by atoms with Crippen LogP contribution in [0.1, 0.15) is 32.2 Å². The third kappa shape index (κ3) is 6.56. The fraction of sp³-hybridized carbons (Fsp3) is 0.250. The number of allylic oxidation sites excluding steroid dienone is 1. The molecule has 0 aliphatic heterocycles. The number of fused-ring (bicyclic) bond motifs is 1. The van der Waals surface area contributed by atoms with Crippen LogP contribution in [0.5, 0.6) is 5.75 Å². The van der Waals surface area contributed by atoms with E-state index in [9.17, 15) is 4.79 Å². The Morgan fingerprint density at radius 2 is 1.79 bits per heavy atom. The molecule has 3 aromatic carbocycles. The van der Waals surface area contributed by atoms with Crippen molar-refractivity contribution in [3.63, 3.8) is 0 Å². The summed E-state index contributed by atoms with van der Waals surface area (Å²) in [4.78, 5) is 16.9. The predicted molar refractivity (Wildman–Crippen MR) is 155 cm³/mol. The summed E-state index contributed by atoms with van der Waals surface area (Å²) in [5.74, 6) is 0.594. The zero-order chi connectivity index (χ0) is 27.4. The molecular weight excluding hydrogens is 510 g/mol. The van der Waals surface area contributed by atoms with Gasteiger partial charge in [0, 0.05) is 5.56 Å². The van der Waals surface area contributed by atoms with Gasteiger partial charge in [0.1, 0.15) is 29.7 Å². The molecule has 0 radical (unpaired) electrons. The fourth-order valence-electron chi connectivity index (χ4n) is 4.51. The number of aliphatic carboxylic acids is 1. The van der Waals surface area contributed by atoms with Crippen LogP contribution in [-0.2, 0) is 20.9 Å². The van der Waals surface area contributed by atoms with Crippen molar-refractivity contribution in [1.29, 1.82) is 0 Å². The highest BCUT2D eigenvalue weighted by Crippen LogP contribution is 2.39. The highest BCUT2D eigenvalue weighted by atomic mass is 32.1. The maximum atomic E-state index is 10.8. The Hall–Kier alpha value is -3.94. The average molecular weight is 542 g/mol. The van der Waals surface area contributed by atoms with Crippen LogP contribution in [0.15, 0.2) is 90.2 Å². The molecule has 0 saturated heterocycles. The molecule has 39 heavy (non-hydrogen) atoms. The lowest BCUT2D eigenvalue weighted by Gasteiger charge is -2.21. The molecule has 0 spiro atoms. The average Bonchev–Trinajstić information content (AvgIpc) is 3.35. The van der Waals surface area contributed by atoms with Gasteiger partial charge in [-0.2, -0.15) is 0 Å². The Balaban J connectivity index is 1.40. The first-order valence-electron chi connectivity index (χ1n) is 13.0. The number of benzene rings is 3. The molecule has 1 aliphatic rings. The molecule has 5 rings (SSSR count). The third-order valence-corrected chi connectivity index (χ3v) is 7.44. The Morgan fingerprint density at radius 3 is 2.51 bits per heavy atom. The number of hydrogen-bond acceptors (Lipinski definition) is 6. The Morgan fingerprint density at radius 1 is 1.05 bits per heavy atom. The molecule has 1 unspecified atom stereocenters. The van der Waals surface area contributed by atoms with E-state index in [1.807, 2.05) is 51.1 Å². The molecule has 200 valence electrons. The number of aromatic nitrogens is 1. The summed E-state index contributed by atoms with van der Waals surface area (Å²) < 4.78 is 17.4. The summed E-state index contributed by atoms with van der Waals surface area (Å²) in [5.41, 5.74) is 3.98. The molecule has 0 bridgehead atoms. The number of nitrogens with zero attached hydrogens (tertiary/aromatic N) is 1. The van der Waals surface area contributed by atoms with Crippen LogP contribution in [0.25, 0.3) is 32.5 Å². The molecule has 4 aromatic rings. The number of rotatable bonds is 10. The zero-order valence-corrected chi connectivity index (χ0v) is 23.0. The van der Waals surface area contributed by atoms with E-state index < -0.39 is 5.97 Å². The number of carboxylic acid groups (broad SMARTS) is 1. The molecule has 1 atom stereocenters. The van der Waals surface area contributed by atoms with Gasteiger partial charge in [0.2, 0.25) is 0 Å². The second kappa shape index (κ2) is 11.8. The first-order valence-corrected chi connectivity index (χ1v) is 13.8. The van der Waals surface area contributed by atoms with Gasteiger partial charge in [0.25, 0.3) is 0 Å². The van der Waals surface area contributed by atoms with E-state index in [-0.39, 0.29) is 18.8 Å². The Kier molecular flexibility index (Phi) is 8.10. The lowest BCUT2D eigenvalue weighted by molar-refractivity contribution is -0.143. The molecule has 6 nitrogen and oxygen atoms in total. The minimum Gasteiger partial charge on any atom is -0.491 e. The summed E-state index contributed by atoms with van der Waals surface area (Å²) in [5, 5.41) is 12.1. The first-order chi connectivity index (χ1) is 18.9. The first kappa shape index (κ1) is 26.7. The van der Waals surface area contributed by atoms with Crippen LogP contribution in [-0.4, -0.2) is 34.9 Å². The number of hydrogen-bond donors (Lipinski definition) is 1. The number of carboxylic acids is 1. The normalized spacial score (nSPS) is 15.2. The summed E-state index contributed by atoms with van der Waals surface area (Å²) in [6.45, 7) is 5.97. The highest BCUT2D eigenvalue weighted by Gasteiger charge is 2.19. The number of thiazole rings is 1. The van der Waals surface area contributed by atoms with Crippen molar-refractivity contribution in [3.05, 3.63) is 95.2 Å². The summed E-state index contributed by atoms with van der Waals surface area (Å²) in [7, 11) is 0. The second-order valence-electron chi connectivity index (χ2n) is 9.75. The van der Waals surface area contributed by atoms with Crippen molar-refractivity contribution >= 4 is 28.1 Å². The van der Waals surface area contributed by atoms with Gasteiger partial charge in [0.15, 0.2) is 0 Å². The van der Waals surface area contributed by atoms with E-state index in [1.165, 1.54) is 10.8 Å². The van der Waals surface area contributed by atoms with Crippen LogP contribution in [0.4, 0.5) is 0 Å². The molecule has 1 aromatic heterocycles. The largest absolute Gasteiger partial charge is 0.491 e. The van der Waals surface area contributed by atoms with E-state index >= 15 is 0 Å². The van der Waals surface area contributed by atoms with Crippen LogP contribution in [0, 0.1) is 0 Å². The van der Waals surface area contributed by atoms with Gasteiger partial charge < -0.3 is 19.3 Å². The summed E-state index contributed by atoms with van der Waals surface area (Å²) >= 11 is 1.63. The number of ether oxygens (including phenoxy) is 3. The standard InChI is InChI=1S/C32H31NO5S/c1-20(2)38-26-12-10-23(11-13-26)31-32(25-9-8-22-6-4-5-7-24(22)17-25)39-29(33-31)18-36-27-14-15-28(21(3)16-27)37-19-30(34)35/h4-14,16-17,20,28H,15,18-19H2,1-3H3,(H,34,35). The smallest absolute Gasteiger partial charge is 0.329 e. The third-order valence-electron chi connectivity index (χ3n) is 6.36. The van der Waals surface area contributed by atoms with Crippen LogP contribution in [0.3, 0.4) is 0 Å². The van der Waals surface area contributed by atoms with E-state index in [1.54, 1.807) is 11.3 Å². The lowest BCUT2D eigenvalue weighted by Crippen LogP contribution is -2.21. The van der Waals surface area contributed by atoms with E-state index in [0.29, 0.717) is 13.0 Å². The van der Waals surface area contributed by atoms with Gasteiger partial charge in [-0.25, -0.2) is 9.78 Å². The van der Waals surface area contributed by atoms with Gasteiger partial charge in [0.05, 0.1) is 22.8 Å². The van der Waals surface area contributed by atoms with Gasteiger partial charge >= 0.3 is 5.97 Å². The lowest BCUT2D eigenvalue weighted by atomic mass is 10.0. The molecule has 7 heteroatoms. The zero-order valence-electron chi connectivity index (χ0n) is 22.2. The maximum Gasteiger partial charge on any atom is 0.329 e.